The second kappa shape index (κ2) is 8.33. The van der Waals surface area contributed by atoms with Crippen molar-refractivity contribution in [1.82, 2.24) is 20.8 Å². The summed E-state index contributed by atoms with van der Waals surface area (Å²) in [5, 5.41) is 9.09. The van der Waals surface area contributed by atoms with Crippen molar-refractivity contribution >= 4 is 23.6 Å². The van der Waals surface area contributed by atoms with Gasteiger partial charge in [-0.05, 0) is 31.2 Å². The van der Waals surface area contributed by atoms with Gasteiger partial charge >= 0.3 is 0 Å². The number of thioether (sulfide) groups is 1. The van der Waals surface area contributed by atoms with Crippen LogP contribution in [0, 0.1) is 6.92 Å². The number of carbonyl (C=O) groups excluding carboxylic acids is 2. The number of carbonyl (C=O) groups is 2. The summed E-state index contributed by atoms with van der Waals surface area (Å²) in [5.74, 6) is 1.50. The molecular weight excluding hydrogens is 316 g/mol. The Morgan fingerprint density at radius 1 is 1.17 bits per heavy atom. The molecule has 0 saturated heterocycles. The molecule has 2 amide bonds. The summed E-state index contributed by atoms with van der Waals surface area (Å²) in [6.07, 6.45) is 0. The van der Waals surface area contributed by atoms with Crippen LogP contribution in [0.1, 0.15) is 29.0 Å². The van der Waals surface area contributed by atoms with E-state index >= 15 is 0 Å². The number of hydrogen-bond donors (Lipinski definition) is 2. The van der Waals surface area contributed by atoms with E-state index < -0.39 is 0 Å². The molecule has 0 atom stereocenters. The van der Waals surface area contributed by atoms with Crippen LogP contribution in [0.25, 0.3) is 0 Å². The molecule has 8 heteroatoms. The minimum atomic E-state index is -0.167. The maximum absolute atomic E-state index is 11.9. The molecule has 2 rings (SSSR count). The highest BCUT2D eigenvalue weighted by atomic mass is 32.2. The number of aryl methyl sites for hydroxylation is 1. The molecule has 0 bridgehead atoms. The predicted octanol–water partition coefficient (Wildman–Crippen LogP) is 1.54. The Hall–Kier alpha value is -2.35. The number of rotatable bonds is 7. The molecule has 1 aromatic heterocycles. The van der Waals surface area contributed by atoms with Crippen LogP contribution in [0.2, 0.25) is 0 Å². The van der Waals surface area contributed by atoms with Gasteiger partial charge < -0.3 is 15.2 Å². The standard InChI is InChI=1S/C15H18N4O3S/c1-10-18-14(22-19-10)9-23-13-5-3-12(4-6-13)15(21)17-8-7-16-11(2)20/h3-6H,7-9H2,1-2H3,(H,16,20)(H,17,21). The first-order valence-corrected chi connectivity index (χ1v) is 8.08. The number of nitrogens with zero attached hydrogens (tertiary/aromatic N) is 2. The van der Waals surface area contributed by atoms with Gasteiger partial charge in [0.15, 0.2) is 5.82 Å². The van der Waals surface area contributed by atoms with Crippen LogP contribution in [-0.4, -0.2) is 35.0 Å². The third-order valence-corrected chi connectivity index (χ3v) is 3.83. The lowest BCUT2D eigenvalue weighted by Gasteiger charge is -2.06. The topological polar surface area (TPSA) is 97.1 Å². The van der Waals surface area contributed by atoms with Crippen molar-refractivity contribution in [3.05, 3.63) is 41.5 Å². The van der Waals surface area contributed by atoms with Gasteiger partial charge in [-0.1, -0.05) is 5.16 Å². The maximum atomic E-state index is 11.9. The first kappa shape index (κ1) is 17.0. The SMILES string of the molecule is CC(=O)NCCNC(=O)c1ccc(SCc2nc(C)no2)cc1. The fourth-order valence-electron chi connectivity index (χ4n) is 1.76. The maximum Gasteiger partial charge on any atom is 0.251 e. The van der Waals surface area contributed by atoms with E-state index in [1.807, 2.05) is 12.1 Å². The third-order valence-electron chi connectivity index (χ3n) is 2.83. The molecule has 1 heterocycles. The molecule has 0 aliphatic rings. The number of nitrogens with one attached hydrogen (secondary N) is 2. The van der Waals surface area contributed by atoms with E-state index in [2.05, 4.69) is 20.8 Å². The van der Waals surface area contributed by atoms with Crippen LogP contribution in [0.4, 0.5) is 0 Å². The summed E-state index contributed by atoms with van der Waals surface area (Å²) < 4.78 is 5.04. The fraction of sp³-hybridized carbons (Fsp3) is 0.333. The van der Waals surface area contributed by atoms with Gasteiger partial charge in [-0.15, -0.1) is 11.8 Å². The van der Waals surface area contributed by atoms with Gasteiger partial charge in [-0.3, -0.25) is 9.59 Å². The van der Waals surface area contributed by atoms with Crippen molar-refractivity contribution < 1.29 is 14.1 Å². The van der Waals surface area contributed by atoms with Crippen LogP contribution in [0.3, 0.4) is 0 Å². The van der Waals surface area contributed by atoms with E-state index in [0.29, 0.717) is 36.1 Å². The van der Waals surface area contributed by atoms with Gasteiger partial charge in [0.25, 0.3) is 5.91 Å². The second-order valence-corrected chi connectivity index (χ2v) is 5.84. The Labute approximate surface area is 138 Å². The van der Waals surface area contributed by atoms with E-state index in [4.69, 9.17) is 4.52 Å². The molecule has 23 heavy (non-hydrogen) atoms. The zero-order valence-electron chi connectivity index (χ0n) is 13.0. The Morgan fingerprint density at radius 2 is 1.87 bits per heavy atom. The normalized spacial score (nSPS) is 10.3. The lowest BCUT2D eigenvalue weighted by molar-refractivity contribution is -0.118. The van der Waals surface area contributed by atoms with Crippen LogP contribution >= 0.6 is 11.8 Å². The van der Waals surface area contributed by atoms with Gasteiger partial charge in [0.1, 0.15) is 0 Å². The largest absolute Gasteiger partial charge is 0.355 e. The summed E-state index contributed by atoms with van der Waals surface area (Å²) in [7, 11) is 0. The summed E-state index contributed by atoms with van der Waals surface area (Å²) in [4.78, 5) is 27.8. The van der Waals surface area contributed by atoms with Crippen LogP contribution < -0.4 is 10.6 Å². The van der Waals surface area contributed by atoms with Gasteiger partial charge in [0.2, 0.25) is 11.8 Å². The molecule has 0 aliphatic carbocycles. The molecule has 1 aromatic carbocycles. The van der Waals surface area contributed by atoms with Crippen molar-refractivity contribution in [3.63, 3.8) is 0 Å². The van der Waals surface area contributed by atoms with Crippen molar-refractivity contribution in [1.29, 1.82) is 0 Å². The van der Waals surface area contributed by atoms with Crippen molar-refractivity contribution in [2.24, 2.45) is 0 Å². The second-order valence-electron chi connectivity index (χ2n) is 4.79. The van der Waals surface area contributed by atoms with E-state index in [1.165, 1.54) is 6.92 Å². The Kier molecular flexibility index (Phi) is 6.16. The number of aromatic nitrogens is 2. The number of hydrogen-bond acceptors (Lipinski definition) is 6. The first-order valence-electron chi connectivity index (χ1n) is 7.09. The highest BCUT2D eigenvalue weighted by molar-refractivity contribution is 7.98. The number of benzene rings is 1. The summed E-state index contributed by atoms with van der Waals surface area (Å²) in [5.41, 5.74) is 0.575. The van der Waals surface area contributed by atoms with E-state index in [1.54, 1.807) is 30.8 Å². The Balaban J connectivity index is 1.79. The van der Waals surface area contributed by atoms with Crippen LogP contribution in [0.15, 0.2) is 33.7 Å². The van der Waals surface area contributed by atoms with Crippen LogP contribution in [0.5, 0.6) is 0 Å². The van der Waals surface area contributed by atoms with E-state index in [-0.39, 0.29) is 11.8 Å². The lowest BCUT2D eigenvalue weighted by atomic mass is 10.2. The molecule has 0 spiro atoms. The smallest absolute Gasteiger partial charge is 0.251 e. The molecule has 0 fully saturated rings. The molecule has 0 unspecified atom stereocenters. The average Bonchev–Trinajstić information content (AvgIpc) is 2.95. The third kappa shape index (κ3) is 5.74. The van der Waals surface area contributed by atoms with Crippen LogP contribution in [-0.2, 0) is 10.5 Å². The zero-order valence-corrected chi connectivity index (χ0v) is 13.8. The minimum absolute atomic E-state index is 0.114. The van der Waals surface area contributed by atoms with Gasteiger partial charge in [-0.25, -0.2) is 0 Å². The Bertz CT molecular complexity index is 670. The van der Waals surface area contributed by atoms with Gasteiger partial charge in [0.05, 0.1) is 5.75 Å². The van der Waals surface area contributed by atoms with E-state index in [0.717, 1.165) is 4.90 Å². The highest BCUT2D eigenvalue weighted by Gasteiger charge is 2.07. The summed E-state index contributed by atoms with van der Waals surface area (Å²) in [6.45, 7) is 4.02. The Morgan fingerprint density at radius 3 is 2.48 bits per heavy atom. The van der Waals surface area contributed by atoms with Gasteiger partial charge in [-0.2, -0.15) is 4.98 Å². The summed E-state index contributed by atoms with van der Waals surface area (Å²) >= 11 is 1.56. The van der Waals surface area contributed by atoms with Crippen molar-refractivity contribution in [3.8, 4) is 0 Å². The van der Waals surface area contributed by atoms with Gasteiger partial charge in [0, 0.05) is 30.5 Å². The van der Waals surface area contributed by atoms with E-state index in [9.17, 15) is 9.59 Å². The predicted molar refractivity (Wildman–Crippen MR) is 86.1 cm³/mol. The molecule has 0 radical (unpaired) electrons. The fourth-order valence-corrected chi connectivity index (χ4v) is 2.50. The monoisotopic (exact) mass is 334 g/mol. The zero-order chi connectivity index (χ0) is 16.7. The first-order chi connectivity index (χ1) is 11.0. The van der Waals surface area contributed by atoms with Crippen molar-refractivity contribution in [2.75, 3.05) is 13.1 Å². The molecule has 7 nitrogen and oxygen atoms in total. The highest BCUT2D eigenvalue weighted by Crippen LogP contribution is 2.22. The molecule has 2 aromatic rings. The lowest BCUT2D eigenvalue weighted by Crippen LogP contribution is -2.33. The molecule has 122 valence electrons. The average molecular weight is 334 g/mol. The molecule has 0 saturated carbocycles. The molecular formula is C15H18N4O3S. The minimum Gasteiger partial charge on any atom is -0.355 e. The summed E-state index contributed by atoms with van der Waals surface area (Å²) in [6, 6.07) is 7.26. The number of amides is 2. The molecule has 2 N–H and O–H groups in total. The molecule has 0 aliphatic heterocycles. The quantitative estimate of drug-likeness (QED) is 0.589. The van der Waals surface area contributed by atoms with Crippen molar-refractivity contribution in [2.45, 2.75) is 24.5 Å².